The fraction of sp³-hybridized carbons (Fsp3) is 0.176. The number of aryl methyl sites for hydroxylation is 1. The topological polar surface area (TPSA) is 68.0 Å². The molecule has 4 heteroatoms. The summed E-state index contributed by atoms with van der Waals surface area (Å²) in [5.41, 5.74) is 8.71. The van der Waals surface area contributed by atoms with Crippen LogP contribution in [0.3, 0.4) is 0 Å². The summed E-state index contributed by atoms with van der Waals surface area (Å²) in [5, 5.41) is 2.87. The van der Waals surface area contributed by atoms with Gasteiger partial charge in [-0.05, 0) is 42.3 Å². The van der Waals surface area contributed by atoms with Crippen molar-refractivity contribution < 1.29 is 4.79 Å². The maximum Gasteiger partial charge on any atom is 0.251 e. The maximum absolute atomic E-state index is 12.2. The molecular formula is C17H17N3O. The number of benzene rings is 1. The molecule has 0 saturated carbocycles. The number of carbonyl (C=O) groups is 1. The summed E-state index contributed by atoms with van der Waals surface area (Å²) in [4.78, 5) is 16.2. The molecule has 2 aromatic rings. The van der Waals surface area contributed by atoms with E-state index in [1.165, 1.54) is 0 Å². The maximum atomic E-state index is 12.2. The molecule has 0 aliphatic heterocycles. The van der Waals surface area contributed by atoms with Gasteiger partial charge in [-0.3, -0.25) is 9.78 Å². The van der Waals surface area contributed by atoms with E-state index in [1.807, 2.05) is 31.2 Å². The first kappa shape index (κ1) is 14.8. The van der Waals surface area contributed by atoms with Crippen molar-refractivity contribution in [3.05, 3.63) is 65.0 Å². The lowest BCUT2D eigenvalue weighted by atomic mass is 10.1. The summed E-state index contributed by atoms with van der Waals surface area (Å²) in [6.45, 7) is 2.69. The molecule has 0 radical (unpaired) electrons. The molecule has 0 bridgehead atoms. The van der Waals surface area contributed by atoms with Crippen LogP contribution in [0.2, 0.25) is 0 Å². The van der Waals surface area contributed by atoms with E-state index in [-0.39, 0.29) is 5.91 Å². The molecule has 3 N–H and O–H groups in total. The lowest BCUT2D eigenvalue weighted by molar-refractivity contribution is 0.0950. The lowest BCUT2D eigenvalue weighted by Gasteiger charge is -2.06. The number of rotatable bonds is 3. The molecule has 1 aromatic heterocycles. The Morgan fingerprint density at radius 3 is 2.95 bits per heavy atom. The summed E-state index contributed by atoms with van der Waals surface area (Å²) in [5.74, 6) is 5.62. The van der Waals surface area contributed by atoms with Crippen LogP contribution >= 0.6 is 0 Å². The molecule has 0 spiro atoms. The minimum atomic E-state index is -0.127. The Balaban J connectivity index is 2.10. The van der Waals surface area contributed by atoms with Gasteiger partial charge in [0.05, 0.1) is 6.54 Å². The van der Waals surface area contributed by atoms with Crippen LogP contribution in [0, 0.1) is 18.8 Å². The van der Waals surface area contributed by atoms with Gasteiger partial charge in [-0.15, -0.1) is 0 Å². The Morgan fingerprint density at radius 2 is 2.24 bits per heavy atom. The van der Waals surface area contributed by atoms with Crippen LogP contribution in [-0.2, 0) is 6.54 Å². The number of amides is 1. The van der Waals surface area contributed by atoms with Crippen molar-refractivity contribution in [3.8, 4) is 11.8 Å². The fourth-order valence-electron chi connectivity index (χ4n) is 1.93. The molecule has 0 aliphatic carbocycles. The molecule has 106 valence electrons. The predicted molar refractivity (Wildman–Crippen MR) is 82.5 cm³/mol. The van der Waals surface area contributed by atoms with Crippen molar-refractivity contribution in [3.63, 3.8) is 0 Å². The molecule has 0 aliphatic rings. The third-order valence-corrected chi connectivity index (χ3v) is 2.85. The largest absolute Gasteiger partial charge is 0.348 e. The van der Waals surface area contributed by atoms with E-state index in [2.05, 4.69) is 22.1 Å². The third-order valence-electron chi connectivity index (χ3n) is 2.85. The second-order valence-electron chi connectivity index (χ2n) is 4.64. The molecule has 0 unspecified atom stereocenters. The normalized spacial score (nSPS) is 9.62. The number of hydrogen-bond donors (Lipinski definition) is 2. The average Bonchev–Trinajstić information content (AvgIpc) is 2.51. The van der Waals surface area contributed by atoms with Gasteiger partial charge in [-0.1, -0.05) is 17.9 Å². The molecule has 21 heavy (non-hydrogen) atoms. The number of carbonyl (C=O) groups excluding carboxylic acids is 1. The van der Waals surface area contributed by atoms with E-state index in [9.17, 15) is 4.79 Å². The SMILES string of the molecule is Cc1cc(C#CCN)cc(C(=O)NCc2cccnc2)c1. The van der Waals surface area contributed by atoms with Crippen molar-refractivity contribution in [2.75, 3.05) is 6.54 Å². The highest BCUT2D eigenvalue weighted by Crippen LogP contribution is 2.09. The van der Waals surface area contributed by atoms with Gasteiger partial charge >= 0.3 is 0 Å². The number of nitrogens with one attached hydrogen (secondary N) is 1. The molecule has 4 nitrogen and oxygen atoms in total. The first-order valence-corrected chi connectivity index (χ1v) is 6.67. The van der Waals surface area contributed by atoms with Gasteiger partial charge in [0.25, 0.3) is 5.91 Å². The van der Waals surface area contributed by atoms with E-state index < -0.39 is 0 Å². The van der Waals surface area contributed by atoms with Crippen LogP contribution in [0.1, 0.15) is 27.0 Å². The Morgan fingerprint density at radius 1 is 1.38 bits per heavy atom. The van der Waals surface area contributed by atoms with E-state index in [0.717, 1.165) is 16.7 Å². The predicted octanol–water partition coefficient (Wildman–Crippen LogP) is 1.63. The molecular weight excluding hydrogens is 262 g/mol. The Bertz CT molecular complexity index is 684. The summed E-state index contributed by atoms with van der Waals surface area (Å²) in [7, 11) is 0. The highest BCUT2D eigenvalue weighted by molar-refractivity contribution is 5.94. The monoisotopic (exact) mass is 279 g/mol. The van der Waals surface area contributed by atoms with Crippen LogP contribution in [0.25, 0.3) is 0 Å². The average molecular weight is 279 g/mol. The molecule has 0 fully saturated rings. The van der Waals surface area contributed by atoms with E-state index in [1.54, 1.807) is 18.5 Å². The second kappa shape index (κ2) is 7.22. The standard InChI is InChI=1S/C17H17N3O/c1-13-8-14(4-2-6-18)10-16(9-13)17(21)20-12-15-5-3-7-19-11-15/h3,5,7-11H,6,12,18H2,1H3,(H,20,21). The minimum Gasteiger partial charge on any atom is -0.348 e. The van der Waals surface area contributed by atoms with E-state index in [0.29, 0.717) is 18.7 Å². The van der Waals surface area contributed by atoms with Crippen molar-refractivity contribution in [1.29, 1.82) is 0 Å². The van der Waals surface area contributed by atoms with Gasteiger partial charge in [0.15, 0.2) is 0 Å². The Hall–Kier alpha value is -2.64. The van der Waals surface area contributed by atoms with Gasteiger partial charge in [0.2, 0.25) is 0 Å². The molecule has 1 heterocycles. The van der Waals surface area contributed by atoms with Crippen LogP contribution in [0.4, 0.5) is 0 Å². The van der Waals surface area contributed by atoms with Crippen molar-refractivity contribution in [2.45, 2.75) is 13.5 Å². The minimum absolute atomic E-state index is 0.127. The summed E-state index contributed by atoms with van der Waals surface area (Å²) in [6, 6.07) is 9.30. The summed E-state index contributed by atoms with van der Waals surface area (Å²) >= 11 is 0. The van der Waals surface area contributed by atoms with Gasteiger partial charge in [0.1, 0.15) is 0 Å². The van der Waals surface area contributed by atoms with Gasteiger partial charge in [-0.2, -0.15) is 0 Å². The highest BCUT2D eigenvalue weighted by atomic mass is 16.1. The lowest BCUT2D eigenvalue weighted by Crippen LogP contribution is -2.23. The summed E-state index contributed by atoms with van der Waals surface area (Å²) in [6.07, 6.45) is 3.43. The van der Waals surface area contributed by atoms with Crippen molar-refractivity contribution in [2.24, 2.45) is 5.73 Å². The van der Waals surface area contributed by atoms with Crippen molar-refractivity contribution in [1.82, 2.24) is 10.3 Å². The zero-order chi connectivity index (χ0) is 15.1. The molecule has 0 atom stereocenters. The highest BCUT2D eigenvalue weighted by Gasteiger charge is 2.07. The van der Waals surface area contributed by atoms with E-state index >= 15 is 0 Å². The molecule has 1 aromatic carbocycles. The number of pyridine rings is 1. The van der Waals surface area contributed by atoms with Gasteiger partial charge in [-0.25, -0.2) is 0 Å². The number of nitrogens with two attached hydrogens (primary N) is 1. The molecule has 1 amide bonds. The van der Waals surface area contributed by atoms with Gasteiger partial charge in [0, 0.05) is 30.1 Å². The van der Waals surface area contributed by atoms with Crippen LogP contribution < -0.4 is 11.1 Å². The zero-order valence-corrected chi connectivity index (χ0v) is 11.9. The smallest absolute Gasteiger partial charge is 0.251 e. The fourth-order valence-corrected chi connectivity index (χ4v) is 1.93. The summed E-state index contributed by atoms with van der Waals surface area (Å²) < 4.78 is 0. The Labute approximate surface area is 124 Å². The number of hydrogen-bond acceptors (Lipinski definition) is 3. The number of aromatic nitrogens is 1. The Kier molecular flexibility index (Phi) is 5.08. The van der Waals surface area contributed by atoms with Gasteiger partial charge < -0.3 is 11.1 Å². The first-order chi connectivity index (χ1) is 10.2. The molecule has 2 rings (SSSR count). The third kappa shape index (κ3) is 4.44. The van der Waals surface area contributed by atoms with Crippen LogP contribution in [-0.4, -0.2) is 17.4 Å². The number of nitrogens with zero attached hydrogens (tertiary/aromatic N) is 1. The van der Waals surface area contributed by atoms with Crippen LogP contribution in [0.5, 0.6) is 0 Å². The van der Waals surface area contributed by atoms with Crippen LogP contribution in [0.15, 0.2) is 42.7 Å². The van der Waals surface area contributed by atoms with E-state index in [4.69, 9.17) is 5.73 Å². The first-order valence-electron chi connectivity index (χ1n) is 6.67. The zero-order valence-electron chi connectivity index (χ0n) is 11.9. The quantitative estimate of drug-likeness (QED) is 0.839. The molecule has 0 saturated heterocycles. The van der Waals surface area contributed by atoms with Crippen molar-refractivity contribution >= 4 is 5.91 Å². The second-order valence-corrected chi connectivity index (χ2v) is 4.64.